The molecule has 0 unspecified atom stereocenters. The van der Waals surface area contributed by atoms with Crippen LogP contribution in [0.3, 0.4) is 0 Å². The van der Waals surface area contributed by atoms with Gasteiger partial charge >= 0.3 is 5.97 Å². The Morgan fingerprint density at radius 1 is 1.14 bits per heavy atom. The fourth-order valence-electron chi connectivity index (χ4n) is 4.96. The van der Waals surface area contributed by atoms with Gasteiger partial charge in [-0.3, -0.25) is 19.7 Å². The van der Waals surface area contributed by atoms with Gasteiger partial charge in [-0.1, -0.05) is 0 Å². The zero-order chi connectivity index (χ0) is 30.3. The second-order valence-corrected chi connectivity index (χ2v) is 11.8. The van der Waals surface area contributed by atoms with Crippen molar-refractivity contribution >= 4 is 49.9 Å². The lowest BCUT2D eigenvalue weighted by atomic mass is 10.00. The Balaban J connectivity index is 1.76. The van der Waals surface area contributed by atoms with Gasteiger partial charge in [0.25, 0.3) is 11.6 Å². The van der Waals surface area contributed by atoms with Gasteiger partial charge in [0.1, 0.15) is 17.2 Å². The second-order valence-electron chi connectivity index (χ2n) is 9.92. The number of hydrogen-bond acceptors (Lipinski definition) is 8. The summed E-state index contributed by atoms with van der Waals surface area (Å²) in [6.07, 6.45) is 2.11. The van der Waals surface area contributed by atoms with Gasteiger partial charge in [-0.15, -0.1) is 0 Å². The fourth-order valence-corrected chi connectivity index (χ4v) is 5.97. The first-order valence-electron chi connectivity index (χ1n) is 12.9. The molecule has 13 heteroatoms. The molecule has 1 aromatic heterocycles. The number of nitro groups is 1. The van der Waals surface area contributed by atoms with E-state index < -0.39 is 39.1 Å². The third-order valence-electron chi connectivity index (χ3n) is 7.02. The number of fused-ring (bicyclic) bond motifs is 1. The summed E-state index contributed by atoms with van der Waals surface area (Å²) >= 11 is 0. The number of benzene rings is 3. The molecule has 1 aliphatic rings. The SMILES string of the molecule is CNC(=O)c1c(-c2ccc(F)cc2)oc2cc(N(c3ccc([N+](=O)[O-])c(CC(=O)OC)c3)S(C)(=O)=O)c(C3CC3)cc12. The van der Waals surface area contributed by atoms with Gasteiger partial charge in [-0.25, -0.2) is 17.1 Å². The van der Waals surface area contributed by atoms with Crippen LogP contribution in [0.2, 0.25) is 0 Å². The first kappa shape index (κ1) is 28.7. The summed E-state index contributed by atoms with van der Waals surface area (Å²) in [4.78, 5) is 36.0. The first-order chi connectivity index (χ1) is 19.9. The van der Waals surface area contributed by atoms with E-state index in [2.05, 4.69) is 10.1 Å². The van der Waals surface area contributed by atoms with Gasteiger partial charge in [0.15, 0.2) is 0 Å². The van der Waals surface area contributed by atoms with Crippen LogP contribution >= 0.6 is 0 Å². The van der Waals surface area contributed by atoms with Crippen LogP contribution < -0.4 is 9.62 Å². The van der Waals surface area contributed by atoms with Crippen LogP contribution in [0.1, 0.15) is 40.2 Å². The average molecular weight is 596 g/mol. The van der Waals surface area contributed by atoms with Gasteiger partial charge in [0, 0.05) is 35.7 Å². The highest BCUT2D eigenvalue weighted by Crippen LogP contribution is 2.49. The highest BCUT2D eigenvalue weighted by Gasteiger charge is 2.34. The topological polar surface area (TPSA) is 149 Å². The molecule has 0 saturated heterocycles. The number of nitro benzene ring substituents is 1. The van der Waals surface area contributed by atoms with Crippen molar-refractivity contribution in [1.29, 1.82) is 0 Å². The summed E-state index contributed by atoms with van der Waals surface area (Å²) in [5, 5.41) is 14.7. The Labute approximate surface area is 240 Å². The number of halogens is 1. The molecule has 0 spiro atoms. The minimum atomic E-state index is -4.05. The molecular weight excluding hydrogens is 569 g/mol. The number of sulfonamides is 1. The summed E-state index contributed by atoms with van der Waals surface area (Å²) in [5.74, 6) is -1.46. The van der Waals surface area contributed by atoms with Crippen LogP contribution in [0.15, 0.2) is 59.0 Å². The van der Waals surface area contributed by atoms with E-state index in [1.807, 2.05) is 0 Å². The number of nitrogens with zero attached hydrogens (tertiary/aromatic N) is 2. The third-order valence-corrected chi connectivity index (χ3v) is 8.09. The average Bonchev–Trinajstić information content (AvgIpc) is 3.72. The number of rotatable bonds is 9. The molecular formula is C29H26FN3O8S. The maximum atomic E-state index is 13.6. The highest BCUT2D eigenvalue weighted by molar-refractivity contribution is 7.92. The van der Waals surface area contributed by atoms with Gasteiger partial charge in [0.05, 0.1) is 41.6 Å². The van der Waals surface area contributed by atoms with Crippen molar-refractivity contribution in [2.75, 3.05) is 24.7 Å². The zero-order valence-corrected chi connectivity index (χ0v) is 23.7. The molecule has 5 rings (SSSR count). The number of furan rings is 1. The first-order valence-corrected chi connectivity index (χ1v) is 14.7. The van der Waals surface area contributed by atoms with Crippen LogP contribution in [0.4, 0.5) is 21.5 Å². The Morgan fingerprint density at radius 3 is 2.40 bits per heavy atom. The van der Waals surface area contributed by atoms with E-state index in [0.717, 1.165) is 36.6 Å². The summed E-state index contributed by atoms with van der Waals surface area (Å²) < 4.78 is 52.1. The van der Waals surface area contributed by atoms with E-state index in [9.17, 15) is 32.5 Å². The van der Waals surface area contributed by atoms with Gasteiger partial charge in [-0.05, 0) is 66.8 Å². The number of anilines is 2. The monoisotopic (exact) mass is 595 g/mol. The highest BCUT2D eigenvalue weighted by atomic mass is 32.2. The molecule has 0 radical (unpaired) electrons. The molecule has 1 N–H and O–H groups in total. The number of amides is 1. The second kappa shape index (κ2) is 10.9. The lowest BCUT2D eigenvalue weighted by molar-refractivity contribution is -0.385. The lowest BCUT2D eigenvalue weighted by Crippen LogP contribution is -2.26. The third kappa shape index (κ3) is 5.42. The molecule has 4 aromatic rings. The van der Waals surface area contributed by atoms with Crippen LogP contribution in [0, 0.1) is 15.9 Å². The van der Waals surface area contributed by atoms with Gasteiger partial charge < -0.3 is 14.5 Å². The van der Waals surface area contributed by atoms with Crippen LogP contribution in [0.25, 0.3) is 22.3 Å². The molecule has 42 heavy (non-hydrogen) atoms. The summed E-state index contributed by atoms with van der Waals surface area (Å²) in [5.41, 5.74) is 1.44. The Bertz CT molecular complexity index is 1850. The molecule has 0 atom stereocenters. The number of hydrogen-bond donors (Lipinski definition) is 1. The smallest absolute Gasteiger partial charge is 0.310 e. The lowest BCUT2D eigenvalue weighted by Gasteiger charge is -2.25. The van der Waals surface area contributed by atoms with Crippen molar-refractivity contribution in [3.8, 4) is 11.3 Å². The molecule has 1 saturated carbocycles. The normalized spacial score (nSPS) is 13.1. The maximum Gasteiger partial charge on any atom is 0.310 e. The quantitative estimate of drug-likeness (QED) is 0.158. The number of carbonyl (C=O) groups is 2. The number of carbonyl (C=O) groups excluding carboxylic acids is 2. The number of nitrogens with one attached hydrogen (secondary N) is 1. The number of esters is 1. The largest absolute Gasteiger partial charge is 0.469 e. The molecule has 1 heterocycles. The van der Waals surface area contributed by atoms with E-state index in [0.29, 0.717) is 16.5 Å². The predicted molar refractivity (Wildman–Crippen MR) is 153 cm³/mol. The molecule has 11 nitrogen and oxygen atoms in total. The van der Waals surface area contributed by atoms with Gasteiger partial charge in [0.2, 0.25) is 10.0 Å². The summed E-state index contributed by atoms with van der Waals surface area (Å²) in [6.45, 7) is 0. The molecule has 0 bridgehead atoms. The van der Waals surface area contributed by atoms with Crippen molar-refractivity contribution < 1.29 is 36.5 Å². The fraction of sp³-hybridized carbons (Fsp3) is 0.241. The van der Waals surface area contributed by atoms with Crippen LogP contribution in [-0.4, -0.2) is 45.6 Å². The number of methoxy groups -OCH3 is 1. The van der Waals surface area contributed by atoms with Gasteiger partial charge in [-0.2, -0.15) is 0 Å². The minimum absolute atomic E-state index is 0.0112. The Kier molecular flexibility index (Phi) is 7.45. The Morgan fingerprint density at radius 2 is 1.83 bits per heavy atom. The van der Waals surface area contributed by atoms with Crippen molar-refractivity contribution in [2.45, 2.75) is 25.2 Å². The summed E-state index contributed by atoms with van der Waals surface area (Å²) in [6, 6.07) is 12.4. The van der Waals surface area contributed by atoms with Crippen molar-refractivity contribution in [2.24, 2.45) is 0 Å². The Hall–Kier alpha value is -4.78. The standard InChI is InChI=1S/C29H26FN3O8S/c1-31-29(35)27-22-14-21(16-4-5-16)24(15-25(22)41-28(27)17-6-8-19(30)9-7-17)32(42(3,38)39)20-10-11-23(33(36)37)18(12-20)13-26(34)40-2/h6-12,14-16H,4-5,13H2,1-3H3,(H,31,35). The van der Waals surface area contributed by atoms with Crippen molar-refractivity contribution in [3.63, 3.8) is 0 Å². The maximum absolute atomic E-state index is 13.6. The van der Waals surface area contributed by atoms with Crippen LogP contribution in [-0.2, 0) is 26.0 Å². The van der Waals surface area contributed by atoms with E-state index in [-0.39, 0.29) is 45.5 Å². The van der Waals surface area contributed by atoms with Crippen LogP contribution in [0.5, 0.6) is 0 Å². The molecule has 218 valence electrons. The molecule has 1 amide bonds. The molecule has 3 aromatic carbocycles. The molecule has 0 aliphatic heterocycles. The van der Waals surface area contributed by atoms with E-state index in [1.165, 1.54) is 49.5 Å². The predicted octanol–water partition coefficient (Wildman–Crippen LogP) is 5.20. The van der Waals surface area contributed by atoms with E-state index in [1.54, 1.807) is 6.07 Å². The molecule has 1 aliphatic carbocycles. The van der Waals surface area contributed by atoms with Crippen molar-refractivity contribution in [3.05, 3.63) is 87.2 Å². The minimum Gasteiger partial charge on any atom is -0.469 e. The molecule has 1 fully saturated rings. The van der Waals surface area contributed by atoms with E-state index >= 15 is 0 Å². The summed E-state index contributed by atoms with van der Waals surface area (Å²) in [7, 11) is -1.43. The number of ether oxygens (including phenoxy) is 1. The zero-order valence-electron chi connectivity index (χ0n) is 22.8. The van der Waals surface area contributed by atoms with Crippen molar-refractivity contribution in [1.82, 2.24) is 5.32 Å². The van der Waals surface area contributed by atoms with E-state index in [4.69, 9.17) is 4.42 Å².